The SMILES string of the molecule is Cc1ccc(NC(=O)CNS(=O)(=O)c2ccc(C(C)C)cc2)cc1. The molecule has 128 valence electrons. The topological polar surface area (TPSA) is 75.3 Å². The average Bonchev–Trinajstić information content (AvgIpc) is 2.55. The number of aryl methyl sites for hydroxylation is 1. The number of carbonyl (C=O) groups excluding carboxylic acids is 1. The summed E-state index contributed by atoms with van der Waals surface area (Å²) in [6.07, 6.45) is 0. The lowest BCUT2D eigenvalue weighted by Gasteiger charge is -2.10. The van der Waals surface area contributed by atoms with Gasteiger partial charge >= 0.3 is 0 Å². The molecule has 0 fully saturated rings. The van der Waals surface area contributed by atoms with Crippen molar-refractivity contribution in [3.8, 4) is 0 Å². The first kappa shape index (κ1) is 18.2. The lowest BCUT2D eigenvalue weighted by molar-refractivity contribution is -0.115. The molecule has 0 radical (unpaired) electrons. The molecule has 2 aromatic carbocycles. The zero-order chi connectivity index (χ0) is 17.7. The molecule has 24 heavy (non-hydrogen) atoms. The number of sulfonamides is 1. The largest absolute Gasteiger partial charge is 0.325 e. The Morgan fingerprint density at radius 2 is 1.58 bits per heavy atom. The lowest BCUT2D eigenvalue weighted by atomic mass is 10.0. The summed E-state index contributed by atoms with van der Waals surface area (Å²) in [7, 11) is -3.71. The van der Waals surface area contributed by atoms with Gasteiger partial charge < -0.3 is 5.32 Å². The summed E-state index contributed by atoms with van der Waals surface area (Å²) in [5.74, 6) is -0.0868. The first-order chi connectivity index (χ1) is 11.3. The van der Waals surface area contributed by atoms with Crippen molar-refractivity contribution in [2.24, 2.45) is 0 Å². The Morgan fingerprint density at radius 3 is 2.12 bits per heavy atom. The Balaban J connectivity index is 1.96. The van der Waals surface area contributed by atoms with Crippen molar-refractivity contribution in [2.45, 2.75) is 31.6 Å². The highest BCUT2D eigenvalue weighted by molar-refractivity contribution is 7.89. The van der Waals surface area contributed by atoms with Crippen molar-refractivity contribution in [2.75, 3.05) is 11.9 Å². The van der Waals surface area contributed by atoms with Crippen molar-refractivity contribution in [1.82, 2.24) is 4.72 Å². The van der Waals surface area contributed by atoms with Gasteiger partial charge in [-0.05, 0) is 42.7 Å². The molecule has 0 bridgehead atoms. The Hall–Kier alpha value is -2.18. The highest BCUT2D eigenvalue weighted by Crippen LogP contribution is 2.17. The maximum Gasteiger partial charge on any atom is 0.241 e. The van der Waals surface area contributed by atoms with Crippen LogP contribution in [0.2, 0.25) is 0 Å². The van der Waals surface area contributed by atoms with Crippen LogP contribution < -0.4 is 10.0 Å². The summed E-state index contributed by atoms with van der Waals surface area (Å²) >= 11 is 0. The smallest absolute Gasteiger partial charge is 0.241 e. The monoisotopic (exact) mass is 346 g/mol. The molecule has 0 spiro atoms. The molecular formula is C18H22N2O3S. The van der Waals surface area contributed by atoms with E-state index < -0.39 is 15.9 Å². The highest BCUT2D eigenvalue weighted by Gasteiger charge is 2.15. The molecule has 2 N–H and O–H groups in total. The molecule has 6 heteroatoms. The molecule has 5 nitrogen and oxygen atoms in total. The number of rotatable bonds is 6. The average molecular weight is 346 g/mol. The zero-order valence-corrected chi connectivity index (χ0v) is 14.9. The standard InChI is InChI=1S/C18H22N2O3S/c1-13(2)15-6-10-17(11-7-15)24(22,23)19-12-18(21)20-16-8-4-14(3)5-9-16/h4-11,13,19H,12H2,1-3H3,(H,20,21). The normalized spacial score (nSPS) is 11.5. The van der Waals surface area contributed by atoms with E-state index in [1.807, 2.05) is 32.9 Å². The molecular weight excluding hydrogens is 324 g/mol. The van der Waals surface area contributed by atoms with Crippen LogP contribution in [0.25, 0.3) is 0 Å². The van der Waals surface area contributed by atoms with Gasteiger partial charge in [0.2, 0.25) is 15.9 Å². The van der Waals surface area contributed by atoms with Crippen LogP contribution in [0.5, 0.6) is 0 Å². The molecule has 0 aliphatic heterocycles. The summed E-state index contributed by atoms with van der Waals surface area (Å²) in [4.78, 5) is 12.0. The van der Waals surface area contributed by atoms with Crippen molar-refractivity contribution < 1.29 is 13.2 Å². The van der Waals surface area contributed by atoms with Crippen molar-refractivity contribution in [3.63, 3.8) is 0 Å². The molecule has 2 aromatic rings. The molecule has 0 saturated carbocycles. The maximum atomic E-state index is 12.2. The van der Waals surface area contributed by atoms with Crippen LogP contribution in [0, 0.1) is 6.92 Å². The number of carbonyl (C=O) groups is 1. The number of anilines is 1. The van der Waals surface area contributed by atoms with E-state index in [0.29, 0.717) is 11.6 Å². The van der Waals surface area contributed by atoms with Gasteiger partial charge in [0.25, 0.3) is 0 Å². The minimum atomic E-state index is -3.71. The Labute approximate surface area is 143 Å². The fourth-order valence-corrected chi connectivity index (χ4v) is 3.10. The van der Waals surface area contributed by atoms with Gasteiger partial charge in [0.15, 0.2) is 0 Å². The molecule has 0 aliphatic rings. The van der Waals surface area contributed by atoms with E-state index in [0.717, 1.165) is 11.1 Å². The zero-order valence-electron chi connectivity index (χ0n) is 14.0. The molecule has 1 amide bonds. The van der Waals surface area contributed by atoms with Gasteiger partial charge in [0.05, 0.1) is 11.4 Å². The second-order valence-corrected chi connectivity index (χ2v) is 7.73. The van der Waals surface area contributed by atoms with E-state index in [9.17, 15) is 13.2 Å². The number of benzene rings is 2. The molecule has 0 aliphatic carbocycles. The number of nitrogens with one attached hydrogen (secondary N) is 2. The van der Waals surface area contributed by atoms with E-state index in [2.05, 4.69) is 10.0 Å². The summed E-state index contributed by atoms with van der Waals surface area (Å²) in [5, 5.41) is 2.65. The predicted molar refractivity (Wildman–Crippen MR) is 95.5 cm³/mol. The van der Waals surface area contributed by atoms with Crippen LogP contribution in [0.1, 0.15) is 30.9 Å². The second kappa shape index (κ2) is 7.59. The van der Waals surface area contributed by atoms with E-state index in [-0.39, 0.29) is 11.4 Å². The van der Waals surface area contributed by atoms with Gasteiger partial charge in [-0.1, -0.05) is 43.7 Å². The molecule has 2 rings (SSSR count). The minimum absolute atomic E-state index is 0.148. The maximum absolute atomic E-state index is 12.2. The molecule has 0 aromatic heterocycles. The quantitative estimate of drug-likeness (QED) is 0.844. The fourth-order valence-electron chi connectivity index (χ4n) is 2.12. The molecule has 0 unspecified atom stereocenters. The fraction of sp³-hybridized carbons (Fsp3) is 0.278. The lowest BCUT2D eigenvalue weighted by Crippen LogP contribution is -2.32. The van der Waals surface area contributed by atoms with Crippen molar-refractivity contribution in [3.05, 3.63) is 59.7 Å². The van der Waals surface area contributed by atoms with E-state index in [1.165, 1.54) is 0 Å². The number of hydrogen-bond acceptors (Lipinski definition) is 3. The molecule has 0 atom stereocenters. The van der Waals surface area contributed by atoms with Crippen molar-refractivity contribution >= 4 is 21.6 Å². The van der Waals surface area contributed by atoms with Gasteiger partial charge in [-0.25, -0.2) is 13.1 Å². The second-order valence-electron chi connectivity index (χ2n) is 5.96. The van der Waals surface area contributed by atoms with Crippen LogP contribution in [0.15, 0.2) is 53.4 Å². The van der Waals surface area contributed by atoms with E-state index in [1.54, 1.807) is 36.4 Å². The van der Waals surface area contributed by atoms with Crippen LogP contribution in [-0.4, -0.2) is 20.9 Å². The third-order valence-corrected chi connectivity index (χ3v) is 5.03. The Kier molecular flexibility index (Phi) is 5.75. The third kappa shape index (κ3) is 4.91. The highest BCUT2D eigenvalue weighted by atomic mass is 32.2. The first-order valence-electron chi connectivity index (χ1n) is 7.74. The van der Waals surface area contributed by atoms with Gasteiger partial charge in [-0.2, -0.15) is 0 Å². The molecule has 0 saturated heterocycles. The summed E-state index contributed by atoms with van der Waals surface area (Å²) in [6, 6.07) is 14.0. The van der Waals surface area contributed by atoms with Crippen LogP contribution in [0.3, 0.4) is 0 Å². The van der Waals surface area contributed by atoms with Crippen LogP contribution >= 0.6 is 0 Å². The Morgan fingerprint density at radius 1 is 1.00 bits per heavy atom. The summed E-state index contributed by atoms with van der Waals surface area (Å²) < 4.78 is 26.8. The van der Waals surface area contributed by atoms with Gasteiger partial charge in [0.1, 0.15) is 0 Å². The van der Waals surface area contributed by atoms with E-state index in [4.69, 9.17) is 0 Å². The minimum Gasteiger partial charge on any atom is -0.325 e. The van der Waals surface area contributed by atoms with Crippen LogP contribution in [0.4, 0.5) is 5.69 Å². The summed E-state index contributed by atoms with van der Waals surface area (Å²) in [6.45, 7) is 5.71. The van der Waals surface area contributed by atoms with Crippen molar-refractivity contribution in [1.29, 1.82) is 0 Å². The summed E-state index contributed by atoms with van der Waals surface area (Å²) in [5.41, 5.74) is 2.77. The predicted octanol–water partition coefficient (Wildman–Crippen LogP) is 3.04. The number of amides is 1. The van der Waals surface area contributed by atoms with Gasteiger partial charge in [0, 0.05) is 5.69 Å². The Bertz CT molecular complexity index is 795. The van der Waals surface area contributed by atoms with Gasteiger partial charge in [-0.3, -0.25) is 4.79 Å². The van der Waals surface area contributed by atoms with Gasteiger partial charge in [-0.15, -0.1) is 0 Å². The number of hydrogen-bond donors (Lipinski definition) is 2. The molecule has 0 heterocycles. The third-order valence-electron chi connectivity index (χ3n) is 3.62. The first-order valence-corrected chi connectivity index (χ1v) is 9.22. The van der Waals surface area contributed by atoms with Crippen LogP contribution in [-0.2, 0) is 14.8 Å². The van der Waals surface area contributed by atoms with E-state index >= 15 is 0 Å².